The largest absolute Gasteiger partial charge is 0.493 e. The summed E-state index contributed by atoms with van der Waals surface area (Å²) in [5.74, 6) is 2.17. The maximum absolute atomic E-state index is 6.20. The molecular formula is C37H40N6O2. The summed E-state index contributed by atoms with van der Waals surface area (Å²) >= 11 is 0. The number of aryl methyl sites for hydroxylation is 2. The molecule has 4 aromatic carbocycles. The van der Waals surface area contributed by atoms with Gasteiger partial charge in [-0.1, -0.05) is 97.1 Å². The number of ether oxygens (including phenoxy) is 2. The van der Waals surface area contributed by atoms with Crippen molar-refractivity contribution in [3.63, 3.8) is 0 Å². The molecule has 0 saturated carbocycles. The van der Waals surface area contributed by atoms with Crippen molar-refractivity contribution in [3.8, 4) is 17.2 Å². The average molecular weight is 601 g/mol. The standard InChI is InChI=1S/C37H40N6O2/c1-28-12-10-13-29(2)35(28)43-37(38-39-40-43)36(42-24-22-41(23-25-42)21-11-18-30-14-6-4-7-15-30)32-19-20-33(34(26-32)44-3)45-27-31-16-8-5-9-17-31/h4-20,26,36H,21-25,27H2,1-3H3. The van der Waals surface area contributed by atoms with E-state index in [9.17, 15) is 0 Å². The van der Waals surface area contributed by atoms with Gasteiger partial charge in [0.2, 0.25) is 0 Å². The molecule has 0 bridgehead atoms. The molecule has 1 fully saturated rings. The Balaban J connectivity index is 1.28. The summed E-state index contributed by atoms with van der Waals surface area (Å²) < 4.78 is 14.0. The van der Waals surface area contributed by atoms with E-state index in [1.807, 2.05) is 35.0 Å². The first-order valence-electron chi connectivity index (χ1n) is 15.5. The molecule has 45 heavy (non-hydrogen) atoms. The van der Waals surface area contributed by atoms with Crippen LogP contribution in [0.25, 0.3) is 11.8 Å². The number of aromatic nitrogens is 4. The van der Waals surface area contributed by atoms with Crippen LogP contribution in [0.1, 0.15) is 39.7 Å². The van der Waals surface area contributed by atoms with Crippen LogP contribution < -0.4 is 9.47 Å². The Morgan fingerprint density at radius 2 is 1.51 bits per heavy atom. The summed E-state index contributed by atoms with van der Waals surface area (Å²) in [6.07, 6.45) is 4.45. The molecule has 0 amide bonds. The first-order valence-corrected chi connectivity index (χ1v) is 15.5. The van der Waals surface area contributed by atoms with E-state index in [0.717, 1.165) is 66.5 Å². The quantitative estimate of drug-likeness (QED) is 0.177. The summed E-state index contributed by atoms with van der Waals surface area (Å²) in [5.41, 5.74) is 6.64. The number of benzene rings is 4. The fourth-order valence-electron chi connectivity index (χ4n) is 6.00. The number of tetrazole rings is 1. The minimum absolute atomic E-state index is 0.182. The number of para-hydroxylation sites is 1. The second-order valence-electron chi connectivity index (χ2n) is 11.4. The van der Waals surface area contributed by atoms with Gasteiger partial charge < -0.3 is 9.47 Å². The highest BCUT2D eigenvalue weighted by Gasteiger charge is 2.32. The highest BCUT2D eigenvalue weighted by molar-refractivity contribution is 5.50. The zero-order valence-corrected chi connectivity index (χ0v) is 26.2. The van der Waals surface area contributed by atoms with Crippen LogP contribution in [0.4, 0.5) is 0 Å². The first-order chi connectivity index (χ1) is 22.1. The van der Waals surface area contributed by atoms with E-state index in [0.29, 0.717) is 18.1 Å². The highest BCUT2D eigenvalue weighted by atomic mass is 16.5. The lowest BCUT2D eigenvalue weighted by Crippen LogP contribution is -2.48. The number of nitrogens with zero attached hydrogens (tertiary/aromatic N) is 6. The maximum Gasteiger partial charge on any atom is 0.178 e. The Labute approximate surface area is 265 Å². The molecule has 0 radical (unpaired) electrons. The third kappa shape index (κ3) is 7.14. The van der Waals surface area contributed by atoms with Crippen molar-refractivity contribution in [1.82, 2.24) is 30.0 Å². The van der Waals surface area contributed by atoms with Gasteiger partial charge >= 0.3 is 0 Å². The zero-order valence-electron chi connectivity index (χ0n) is 26.2. The lowest BCUT2D eigenvalue weighted by molar-refractivity contribution is 0.113. The van der Waals surface area contributed by atoms with Gasteiger partial charge in [0.25, 0.3) is 0 Å². The van der Waals surface area contributed by atoms with Crippen LogP contribution in [0.3, 0.4) is 0 Å². The van der Waals surface area contributed by atoms with Crippen molar-refractivity contribution in [2.45, 2.75) is 26.5 Å². The average Bonchev–Trinajstić information content (AvgIpc) is 3.54. The monoisotopic (exact) mass is 600 g/mol. The van der Waals surface area contributed by atoms with Gasteiger partial charge in [-0.25, -0.2) is 0 Å². The van der Waals surface area contributed by atoms with Gasteiger partial charge in [-0.15, -0.1) is 5.10 Å². The minimum Gasteiger partial charge on any atom is -0.493 e. The molecule has 1 unspecified atom stereocenters. The molecule has 1 atom stereocenters. The van der Waals surface area contributed by atoms with E-state index in [1.54, 1.807) is 7.11 Å². The van der Waals surface area contributed by atoms with Crippen LogP contribution >= 0.6 is 0 Å². The summed E-state index contributed by atoms with van der Waals surface area (Å²) in [6, 6.07) is 32.9. The normalized spacial score (nSPS) is 14.9. The van der Waals surface area contributed by atoms with Gasteiger partial charge in [-0.3, -0.25) is 9.80 Å². The number of rotatable bonds is 11. The van der Waals surface area contributed by atoms with Crippen LogP contribution in [0, 0.1) is 13.8 Å². The van der Waals surface area contributed by atoms with E-state index in [-0.39, 0.29) is 6.04 Å². The Kier molecular flexibility index (Phi) is 9.63. The van der Waals surface area contributed by atoms with Crippen LogP contribution in [0.2, 0.25) is 0 Å². The number of hydrogen-bond donors (Lipinski definition) is 0. The molecule has 0 aliphatic carbocycles. The smallest absolute Gasteiger partial charge is 0.178 e. The predicted octanol–water partition coefficient (Wildman–Crippen LogP) is 6.29. The fraction of sp³-hybridized carbons (Fsp3) is 0.270. The van der Waals surface area contributed by atoms with E-state index >= 15 is 0 Å². The molecule has 230 valence electrons. The second kappa shape index (κ2) is 14.3. The van der Waals surface area contributed by atoms with Crippen LogP contribution in [0.15, 0.2) is 103 Å². The topological polar surface area (TPSA) is 68.5 Å². The Morgan fingerprint density at radius 3 is 2.22 bits per heavy atom. The fourth-order valence-corrected chi connectivity index (χ4v) is 6.00. The molecule has 2 heterocycles. The Hall–Kier alpha value is -4.79. The molecule has 6 rings (SSSR count). The number of hydrogen-bond acceptors (Lipinski definition) is 7. The molecule has 5 aromatic rings. The highest BCUT2D eigenvalue weighted by Crippen LogP contribution is 2.36. The molecular weight excluding hydrogens is 560 g/mol. The van der Waals surface area contributed by atoms with Crippen molar-refractivity contribution in [1.29, 1.82) is 0 Å². The number of methoxy groups -OCH3 is 1. The van der Waals surface area contributed by atoms with E-state index < -0.39 is 0 Å². The SMILES string of the molecule is COc1cc(C(c2nnnn2-c2c(C)cccc2C)N2CCN(CC=Cc3ccccc3)CC2)ccc1OCc1ccccc1. The molecule has 0 spiro atoms. The first kappa shape index (κ1) is 30.2. The van der Waals surface area contributed by atoms with E-state index in [2.05, 4.69) is 118 Å². The van der Waals surface area contributed by atoms with Crippen molar-refractivity contribution in [2.75, 3.05) is 39.8 Å². The van der Waals surface area contributed by atoms with Gasteiger partial charge in [0.1, 0.15) is 6.61 Å². The zero-order chi connectivity index (χ0) is 31.0. The second-order valence-corrected chi connectivity index (χ2v) is 11.4. The van der Waals surface area contributed by atoms with Gasteiger partial charge in [0.05, 0.1) is 18.8 Å². The van der Waals surface area contributed by atoms with Crippen LogP contribution in [-0.2, 0) is 6.61 Å². The summed E-state index contributed by atoms with van der Waals surface area (Å²) in [7, 11) is 1.69. The van der Waals surface area contributed by atoms with E-state index in [1.165, 1.54) is 5.56 Å². The lowest BCUT2D eigenvalue weighted by atomic mass is 10.0. The van der Waals surface area contributed by atoms with Gasteiger partial charge in [-0.05, 0) is 64.2 Å². The van der Waals surface area contributed by atoms with E-state index in [4.69, 9.17) is 9.47 Å². The third-order valence-corrected chi connectivity index (χ3v) is 8.38. The Bertz CT molecular complexity index is 1690. The van der Waals surface area contributed by atoms with Gasteiger partial charge in [0, 0.05) is 32.7 Å². The molecule has 8 heteroatoms. The molecule has 1 aromatic heterocycles. The summed E-state index contributed by atoms with van der Waals surface area (Å²) in [4.78, 5) is 4.97. The predicted molar refractivity (Wildman–Crippen MR) is 178 cm³/mol. The number of piperazine rings is 1. The summed E-state index contributed by atoms with van der Waals surface area (Å²) in [6.45, 7) is 9.21. The molecule has 1 aliphatic rings. The van der Waals surface area contributed by atoms with Crippen molar-refractivity contribution >= 4 is 6.08 Å². The molecule has 8 nitrogen and oxygen atoms in total. The lowest BCUT2D eigenvalue weighted by Gasteiger charge is -2.38. The van der Waals surface area contributed by atoms with Crippen LogP contribution in [-0.4, -0.2) is 69.8 Å². The molecule has 0 N–H and O–H groups in total. The molecule has 1 aliphatic heterocycles. The summed E-state index contributed by atoms with van der Waals surface area (Å²) in [5, 5.41) is 13.3. The minimum atomic E-state index is -0.182. The maximum atomic E-state index is 6.20. The third-order valence-electron chi connectivity index (χ3n) is 8.38. The van der Waals surface area contributed by atoms with Gasteiger partial charge in [0.15, 0.2) is 17.3 Å². The Morgan fingerprint density at radius 1 is 0.800 bits per heavy atom. The van der Waals surface area contributed by atoms with Crippen molar-refractivity contribution in [2.24, 2.45) is 0 Å². The molecule has 1 saturated heterocycles. The van der Waals surface area contributed by atoms with Crippen LogP contribution in [0.5, 0.6) is 11.5 Å². The van der Waals surface area contributed by atoms with Gasteiger partial charge in [-0.2, -0.15) is 4.68 Å². The van der Waals surface area contributed by atoms with Crippen molar-refractivity contribution < 1.29 is 9.47 Å². The van der Waals surface area contributed by atoms with Crippen molar-refractivity contribution in [3.05, 3.63) is 137 Å².